The third-order valence-electron chi connectivity index (χ3n) is 7.22. The maximum Gasteiger partial charge on any atom is 0.417 e. The van der Waals surface area contributed by atoms with E-state index in [-0.39, 0.29) is 23.6 Å². The summed E-state index contributed by atoms with van der Waals surface area (Å²) in [7, 11) is 0. The number of benzene rings is 1. The van der Waals surface area contributed by atoms with Crippen LogP contribution in [0.2, 0.25) is 0 Å². The Bertz CT molecular complexity index is 1150. The number of alkyl halides is 3. The Morgan fingerprint density at radius 3 is 2.68 bits per heavy atom. The quantitative estimate of drug-likeness (QED) is 0.538. The van der Waals surface area contributed by atoms with E-state index in [4.69, 9.17) is 0 Å². The zero-order valence-electron chi connectivity index (χ0n) is 19.0. The summed E-state index contributed by atoms with van der Waals surface area (Å²) in [5.41, 5.74) is 0.433. The van der Waals surface area contributed by atoms with Crippen molar-refractivity contribution in [2.45, 2.75) is 44.3 Å². The molecule has 1 unspecified atom stereocenters. The number of fused-ring (bicyclic) bond motifs is 1. The fourth-order valence-electron chi connectivity index (χ4n) is 5.05. The summed E-state index contributed by atoms with van der Waals surface area (Å²) in [6.07, 6.45) is 3.86. The highest BCUT2D eigenvalue weighted by Gasteiger charge is 2.43. The predicted octanol–water partition coefficient (Wildman–Crippen LogP) is 4.90. The van der Waals surface area contributed by atoms with Gasteiger partial charge >= 0.3 is 6.18 Å². The van der Waals surface area contributed by atoms with Crippen molar-refractivity contribution in [3.8, 4) is 0 Å². The van der Waals surface area contributed by atoms with Gasteiger partial charge in [-0.25, -0.2) is 4.98 Å². The molecule has 180 valence electrons. The summed E-state index contributed by atoms with van der Waals surface area (Å²) in [6, 6.07) is 7.43. The highest BCUT2D eigenvalue weighted by Crippen LogP contribution is 2.43. The molecule has 1 atom stereocenters. The molecule has 1 amide bonds. The number of allylic oxidation sites excluding steroid dienone is 1. The third kappa shape index (κ3) is 4.69. The van der Waals surface area contributed by atoms with E-state index >= 15 is 0 Å². The molecule has 8 heteroatoms. The lowest BCUT2D eigenvalue weighted by molar-refractivity contribution is -0.122. The lowest BCUT2D eigenvalue weighted by atomic mass is 9.80. The molecule has 0 bridgehead atoms. The highest BCUT2D eigenvalue weighted by molar-refractivity contribution is 6.00. The molecule has 2 heterocycles. The van der Waals surface area contributed by atoms with Crippen molar-refractivity contribution in [3.05, 3.63) is 48.3 Å². The summed E-state index contributed by atoms with van der Waals surface area (Å²) in [5.74, 6) is 0.123. The summed E-state index contributed by atoms with van der Waals surface area (Å²) in [6.45, 7) is 5.68. The number of hydrogen-bond donors (Lipinski definition) is 3. The van der Waals surface area contributed by atoms with Gasteiger partial charge in [0.05, 0.1) is 17.0 Å². The van der Waals surface area contributed by atoms with Gasteiger partial charge in [-0.3, -0.25) is 4.79 Å². The van der Waals surface area contributed by atoms with Crippen LogP contribution < -0.4 is 16.0 Å². The lowest BCUT2D eigenvalue weighted by Crippen LogP contribution is -2.52. The molecule has 2 saturated carbocycles. The fourth-order valence-corrected chi connectivity index (χ4v) is 5.05. The first kappa shape index (κ1) is 22.9. The summed E-state index contributed by atoms with van der Waals surface area (Å²) in [4.78, 5) is 16.1. The molecule has 1 aliphatic heterocycles. The normalized spacial score (nSPS) is 21.7. The number of rotatable bonds is 7. The molecular formula is C26H29F3N4O. The molecule has 2 aromatic rings. The van der Waals surface area contributed by atoms with Crippen LogP contribution in [0.25, 0.3) is 22.4 Å². The molecule has 1 aromatic carbocycles. The zero-order valence-corrected chi connectivity index (χ0v) is 19.0. The molecule has 0 radical (unpaired) electrons. The van der Waals surface area contributed by atoms with Crippen molar-refractivity contribution >= 4 is 34.0 Å². The Morgan fingerprint density at radius 2 is 2.03 bits per heavy atom. The van der Waals surface area contributed by atoms with E-state index in [1.165, 1.54) is 0 Å². The second-order valence-electron chi connectivity index (χ2n) is 9.88. The van der Waals surface area contributed by atoms with Crippen molar-refractivity contribution in [1.29, 1.82) is 0 Å². The number of nitrogens with zero attached hydrogens (tertiary/aromatic N) is 1. The van der Waals surface area contributed by atoms with Crippen LogP contribution in [-0.4, -0.2) is 42.7 Å². The average molecular weight is 471 g/mol. The summed E-state index contributed by atoms with van der Waals surface area (Å²) in [5, 5.41) is 10.9. The first-order valence-electron chi connectivity index (χ1n) is 11.9. The average Bonchev–Trinajstić information content (AvgIpc) is 3.54. The smallest absolute Gasteiger partial charge is 0.382 e. The van der Waals surface area contributed by atoms with Crippen LogP contribution >= 0.6 is 0 Å². The number of carbonyl (C=O) groups is 1. The van der Waals surface area contributed by atoms with Crippen LogP contribution in [0.3, 0.4) is 0 Å². The van der Waals surface area contributed by atoms with E-state index in [0.717, 1.165) is 50.9 Å². The number of aromatic nitrogens is 1. The maximum atomic E-state index is 13.6. The van der Waals surface area contributed by atoms with Gasteiger partial charge in [-0.15, -0.1) is 0 Å². The molecule has 1 saturated heterocycles. The van der Waals surface area contributed by atoms with Crippen LogP contribution in [0.5, 0.6) is 0 Å². The summed E-state index contributed by atoms with van der Waals surface area (Å²) < 4.78 is 40.8. The van der Waals surface area contributed by atoms with Crippen molar-refractivity contribution in [2.24, 2.45) is 11.3 Å². The van der Waals surface area contributed by atoms with Crippen LogP contribution in [0.1, 0.15) is 43.5 Å². The van der Waals surface area contributed by atoms with Crippen molar-refractivity contribution in [2.75, 3.05) is 25.0 Å². The van der Waals surface area contributed by atoms with Crippen LogP contribution in [0.4, 0.5) is 18.9 Å². The van der Waals surface area contributed by atoms with Gasteiger partial charge in [0.2, 0.25) is 5.91 Å². The predicted molar refractivity (Wildman–Crippen MR) is 128 cm³/mol. The Labute approximate surface area is 196 Å². The molecule has 2 aliphatic carbocycles. The fraction of sp³-hybridized carbons (Fsp3) is 0.462. The lowest BCUT2D eigenvalue weighted by Gasteiger charge is -2.39. The van der Waals surface area contributed by atoms with Gasteiger partial charge in [-0.05, 0) is 55.7 Å². The molecule has 3 aliphatic rings. The van der Waals surface area contributed by atoms with E-state index in [1.54, 1.807) is 30.4 Å². The minimum atomic E-state index is -4.58. The van der Waals surface area contributed by atoms with Crippen molar-refractivity contribution in [1.82, 2.24) is 15.6 Å². The largest absolute Gasteiger partial charge is 0.417 e. The minimum Gasteiger partial charge on any atom is -0.382 e. The number of anilines is 1. The standard InChI is InChI=1S/C26H29F3N4O/c1-16(26(27,28)29)23-20-5-2-6-22(32-19-9-10-25(13-19)14-30-15-25)21(20)12-18(33-23)4-3-11-31-24(34)17-7-8-17/h2-6,12,17,19,30,32H,1,7-11,13-15H2,(H,31,34)/b4-3+. The Kier molecular flexibility index (Phi) is 5.88. The van der Waals surface area contributed by atoms with Gasteiger partial charge in [0.15, 0.2) is 0 Å². The van der Waals surface area contributed by atoms with Crippen LogP contribution in [-0.2, 0) is 4.79 Å². The molecular weight excluding hydrogens is 441 g/mol. The Morgan fingerprint density at radius 1 is 1.24 bits per heavy atom. The molecule has 3 N–H and O–H groups in total. The number of pyridine rings is 1. The highest BCUT2D eigenvalue weighted by atomic mass is 19.4. The first-order chi connectivity index (χ1) is 16.2. The van der Waals surface area contributed by atoms with Gasteiger partial charge in [-0.1, -0.05) is 24.8 Å². The monoisotopic (exact) mass is 470 g/mol. The zero-order chi connectivity index (χ0) is 23.9. The molecule has 5 nitrogen and oxygen atoms in total. The van der Waals surface area contributed by atoms with Crippen LogP contribution in [0.15, 0.2) is 36.9 Å². The number of hydrogen-bond acceptors (Lipinski definition) is 4. The van der Waals surface area contributed by atoms with E-state index < -0.39 is 11.7 Å². The first-order valence-corrected chi connectivity index (χ1v) is 11.9. The van der Waals surface area contributed by atoms with E-state index in [1.807, 2.05) is 6.07 Å². The second kappa shape index (κ2) is 8.73. The van der Waals surface area contributed by atoms with E-state index in [9.17, 15) is 18.0 Å². The number of amides is 1. The van der Waals surface area contributed by atoms with Gasteiger partial charge in [0, 0.05) is 48.1 Å². The minimum absolute atomic E-state index is 0.0183. The molecule has 3 fully saturated rings. The summed E-state index contributed by atoms with van der Waals surface area (Å²) >= 11 is 0. The number of carbonyl (C=O) groups excluding carboxylic acids is 1. The van der Waals surface area contributed by atoms with Crippen LogP contribution in [0, 0.1) is 11.3 Å². The van der Waals surface area contributed by atoms with E-state index in [2.05, 4.69) is 27.5 Å². The van der Waals surface area contributed by atoms with Gasteiger partial charge in [-0.2, -0.15) is 13.2 Å². The topological polar surface area (TPSA) is 66.0 Å². The van der Waals surface area contributed by atoms with Crippen molar-refractivity contribution in [3.63, 3.8) is 0 Å². The van der Waals surface area contributed by atoms with Crippen molar-refractivity contribution < 1.29 is 18.0 Å². The molecule has 1 spiro atoms. The SMILES string of the molecule is C=C(c1nc(/C=C/CNC(=O)C2CC2)cc2c(NC3CCC4(CNC4)C3)cccc12)C(F)(F)F. The number of halogens is 3. The molecule has 34 heavy (non-hydrogen) atoms. The van der Waals surface area contributed by atoms with E-state index in [0.29, 0.717) is 28.4 Å². The Balaban J connectivity index is 1.44. The van der Waals surface area contributed by atoms with Gasteiger partial charge in [0.1, 0.15) is 0 Å². The second-order valence-corrected chi connectivity index (χ2v) is 9.88. The number of nitrogens with one attached hydrogen (secondary N) is 3. The third-order valence-corrected chi connectivity index (χ3v) is 7.22. The molecule has 1 aromatic heterocycles. The molecule has 5 rings (SSSR count). The Hall–Kier alpha value is -2.87. The maximum absolute atomic E-state index is 13.6. The van der Waals surface area contributed by atoms with Gasteiger partial charge < -0.3 is 16.0 Å². The van der Waals surface area contributed by atoms with Gasteiger partial charge in [0.25, 0.3) is 0 Å².